The van der Waals surface area contributed by atoms with E-state index < -0.39 is 10.8 Å². The number of nitro benzene ring substituents is 1. The first kappa shape index (κ1) is 20.1. The van der Waals surface area contributed by atoms with Crippen LogP contribution in [0.1, 0.15) is 16.1 Å². The molecule has 0 radical (unpaired) electrons. The summed E-state index contributed by atoms with van der Waals surface area (Å²) >= 11 is 0. The van der Waals surface area contributed by atoms with Gasteiger partial charge in [0.1, 0.15) is 11.3 Å². The molecule has 0 saturated carbocycles. The van der Waals surface area contributed by atoms with Crippen LogP contribution in [0.25, 0.3) is 33.9 Å². The maximum atomic E-state index is 12.7. The van der Waals surface area contributed by atoms with E-state index in [0.717, 1.165) is 5.56 Å². The molecule has 0 fully saturated rings. The number of carbonyl (C=O) groups is 1. The highest BCUT2D eigenvalue weighted by Gasteiger charge is 2.16. The van der Waals surface area contributed by atoms with Crippen LogP contribution in [-0.4, -0.2) is 20.8 Å². The Morgan fingerprint density at radius 1 is 1.06 bits per heavy atom. The molecule has 9 heteroatoms. The number of benzene rings is 2. The van der Waals surface area contributed by atoms with Gasteiger partial charge in [0.05, 0.1) is 10.5 Å². The van der Waals surface area contributed by atoms with Gasteiger partial charge in [0.15, 0.2) is 11.3 Å². The van der Waals surface area contributed by atoms with E-state index in [-0.39, 0.29) is 11.4 Å². The molecule has 0 bridgehead atoms. The Kier molecular flexibility index (Phi) is 4.91. The number of carbonyl (C=O) groups excluding carboxylic acids is 1. The first-order chi connectivity index (χ1) is 16.0. The largest absolute Gasteiger partial charge is 0.451 e. The Balaban J connectivity index is 1.36. The summed E-state index contributed by atoms with van der Waals surface area (Å²) in [6, 6.07) is 16.5. The van der Waals surface area contributed by atoms with Crippen molar-refractivity contribution in [2.45, 2.75) is 6.92 Å². The molecule has 162 valence electrons. The van der Waals surface area contributed by atoms with Crippen molar-refractivity contribution in [1.29, 1.82) is 0 Å². The molecule has 0 aliphatic rings. The maximum Gasteiger partial charge on any atom is 0.291 e. The summed E-state index contributed by atoms with van der Waals surface area (Å²) < 4.78 is 11.5. The lowest BCUT2D eigenvalue weighted by Gasteiger charge is -2.04. The Morgan fingerprint density at radius 2 is 1.94 bits per heavy atom. The number of rotatable bonds is 5. The number of non-ortho nitro benzene ring substituents is 1. The van der Waals surface area contributed by atoms with E-state index in [4.69, 9.17) is 8.83 Å². The van der Waals surface area contributed by atoms with E-state index in [1.807, 2.05) is 6.07 Å². The number of furan rings is 1. The molecule has 1 N–H and O–H groups in total. The lowest BCUT2D eigenvalue weighted by Crippen LogP contribution is -2.10. The van der Waals surface area contributed by atoms with Crippen molar-refractivity contribution in [2.75, 3.05) is 5.32 Å². The molecule has 1 amide bonds. The number of nitrogens with one attached hydrogen (secondary N) is 1. The van der Waals surface area contributed by atoms with E-state index in [2.05, 4.69) is 15.3 Å². The number of anilines is 1. The predicted molar refractivity (Wildman–Crippen MR) is 121 cm³/mol. The molecule has 33 heavy (non-hydrogen) atoms. The van der Waals surface area contributed by atoms with Crippen molar-refractivity contribution in [3.63, 3.8) is 0 Å². The highest BCUT2D eigenvalue weighted by Crippen LogP contribution is 2.29. The Morgan fingerprint density at radius 3 is 2.70 bits per heavy atom. The van der Waals surface area contributed by atoms with Gasteiger partial charge in [0.2, 0.25) is 5.89 Å². The van der Waals surface area contributed by atoms with Crippen LogP contribution in [0, 0.1) is 17.0 Å². The third-order valence-electron chi connectivity index (χ3n) is 5.07. The first-order valence-electron chi connectivity index (χ1n) is 9.95. The smallest absolute Gasteiger partial charge is 0.291 e. The summed E-state index contributed by atoms with van der Waals surface area (Å²) in [7, 11) is 0. The summed E-state index contributed by atoms with van der Waals surface area (Å²) in [5, 5.41) is 13.7. The zero-order valence-electron chi connectivity index (χ0n) is 17.3. The van der Waals surface area contributed by atoms with E-state index in [0.29, 0.717) is 39.6 Å². The average Bonchev–Trinajstić information content (AvgIpc) is 3.47. The number of aromatic nitrogens is 2. The second-order valence-corrected chi connectivity index (χ2v) is 7.32. The van der Waals surface area contributed by atoms with Crippen LogP contribution in [0.2, 0.25) is 0 Å². The van der Waals surface area contributed by atoms with E-state index >= 15 is 0 Å². The van der Waals surface area contributed by atoms with Gasteiger partial charge in [-0.3, -0.25) is 19.9 Å². The van der Waals surface area contributed by atoms with Crippen LogP contribution in [0.3, 0.4) is 0 Å². The maximum absolute atomic E-state index is 12.7. The zero-order chi connectivity index (χ0) is 22.9. The van der Waals surface area contributed by atoms with Gasteiger partial charge in [-0.15, -0.1) is 0 Å². The van der Waals surface area contributed by atoms with Gasteiger partial charge in [0, 0.05) is 35.8 Å². The number of hydrogen-bond acceptors (Lipinski definition) is 7. The van der Waals surface area contributed by atoms with Crippen molar-refractivity contribution in [3.05, 3.63) is 94.5 Å². The minimum atomic E-state index is -0.455. The first-order valence-corrected chi connectivity index (χ1v) is 9.95. The van der Waals surface area contributed by atoms with Crippen LogP contribution in [0.5, 0.6) is 0 Å². The topological polar surface area (TPSA) is 124 Å². The standard InChI is InChI=1S/C24H16N4O5/c1-14-11-17(28(30)31)5-6-18(14)20-8-9-22(32-20)23(29)26-16-4-7-21-19(12-16)27-24(33-21)15-3-2-10-25-13-15/h2-13H,1H3,(H,26,29). The minimum absolute atomic E-state index is 0.00398. The fraction of sp³-hybridized carbons (Fsp3) is 0.0417. The molecule has 0 aliphatic heterocycles. The number of fused-ring (bicyclic) bond motifs is 1. The Bertz CT molecular complexity index is 1500. The average molecular weight is 440 g/mol. The van der Waals surface area contributed by atoms with Gasteiger partial charge in [-0.05, 0) is 61.0 Å². The van der Waals surface area contributed by atoms with Gasteiger partial charge in [0.25, 0.3) is 11.6 Å². The molecule has 0 spiro atoms. The van der Waals surface area contributed by atoms with Gasteiger partial charge in [-0.25, -0.2) is 4.98 Å². The molecule has 3 aromatic heterocycles. The number of oxazole rings is 1. The molecule has 5 aromatic rings. The van der Waals surface area contributed by atoms with Crippen LogP contribution < -0.4 is 5.32 Å². The predicted octanol–water partition coefficient (Wildman–Crippen LogP) is 5.62. The summed E-state index contributed by atoms with van der Waals surface area (Å²) in [6.07, 6.45) is 3.33. The van der Waals surface area contributed by atoms with E-state index in [1.54, 1.807) is 61.8 Å². The molecular weight excluding hydrogens is 424 g/mol. The number of nitrogens with zero attached hydrogens (tertiary/aromatic N) is 3. The second kappa shape index (κ2) is 8.04. The molecule has 9 nitrogen and oxygen atoms in total. The second-order valence-electron chi connectivity index (χ2n) is 7.32. The van der Waals surface area contributed by atoms with Crippen LogP contribution >= 0.6 is 0 Å². The monoisotopic (exact) mass is 440 g/mol. The van der Waals surface area contributed by atoms with Crippen molar-refractivity contribution in [1.82, 2.24) is 9.97 Å². The van der Waals surface area contributed by atoms with Gasteiger partial charge < -0.3 is 14.2 Å². The summed E-state index contributed by atoms with van der Waals surface area (Å²) in [5.74, 6) is 0.562. The molecule has 0 saturated heterocycles. The zero-order valence-corrected chi connectivity index (χ0v) is 17.3. The van der Waals surface area contributed by atoms with Crippen LogP contribution in [0.15, 0.2) is 81.9 Å². The van der Waals surface area contributed by atoms with Crippen molar-refractivity contribution < 1.29 is 18.6 Å². The van der Waals surface area contributed by atoms with E-state index in [1.165, 1.54) is 12.1 Å². The Hall–Kier alpha value is -4.79. The van der Waals surface area contributed by atoms with Gasteiger partial charge in [-0.1, -0.05) is 0 Å². The normalized spacial score (nSPS) is 10.9. The molecule has 5 rings (SSSR count). The number of nitro groups is 1. The highest BCUT2D eigenvalue weighted by atomic mass is 16.6. The lowest BCUT2D eigenvalue weighted by atomic mass is 10.1. The highest BCUT2D eigenvalue weighted by molar-refractivity contribution is 6.03. The number of amides is 1. The van der Waals surface area contributed by atoms with Crippen molar-refractivity contribution >= 4 is 28.4 Å². The lowest BCUT2D eigenvalue weighted by molar-refractivity contribution is -0.384. The minimum Gasteiger partial charge on any atom is -0.451 e. The molecule has 0 aliphatic carbocycles. The van der Waals surface area contributed by atoms with Crippen LogP contribution in [-0.2, 0) is 0 Å². The summed E-state index contributed by atoms with van der Waals surface area (Å²) in [4.78, 5) is 31.7. The fourth-order valence-electron chi connectivity index (χ4n) is 3.45. The van der Waals surface area contributed by atoms with Gasteiger partial charge >= 0.3 is 0 Å². The number of hydrogen-bond donors (Lipinski definition) is 1. The molecule has 0 atom stereocenters. The third-order valence-corrected chi connectivity index (χ3v) is 5.07. The Labute approximate surface area is 186 Å². The van der Waals surface area contributed by atoms with E-state index in [9.17, 15) is 14.9 Å². The van der Waals surface area contributed by atoms with Gasteiger partial charge in [-0.2, -0.15) is 0 Å². The third kappa shape index (κ3) is 3.94. The summed E-state index contributed by atoms with van der Waals surface area (Å²) in [6.45, 7) is 1.75. The fourth-order valence-corrected chi connectivity index (χ4v) is 3.45. The molecular formula is C24H16N4O5. The summed E-state index contributed by atoms with van der Waals surface area (Å²) in [5.41, 5.74) is 3.80. The SMILES string of the molecule is Cc1cc([N+](=O)[O-])ccc1-c1ccc(C(=O)Nc2ccc3oc(-c4cccnc4)nc3c2)o1. The molecule has 0 unspecified atom stereocenters. The quantitative estimate of drug-likeness (QED) is 0.278. The molecule has 2 aromatic carbocycles. The number of aryl methyl sites for hydroxylation is 1. The molecule has 3 heterocycles. The van der Waals surface area contributed by atoms with Crippen LogP contribution in [0.4, 0.5) is 11.4 Å². The number of pyridine rings is 1. The van der Waals surface area contributed by atoms with Crippen molar-refractivity contribution in [2.24, 2.45) is 0 Å². The van der Waals surface area contributed by atoms with Crippen molar-refractivity contribution in [3.8, 4) is 22.8 Å².